The van der Waals surface area contributed by atoms with Crippen LogP contribution in [0.25, 0.3) is 11.1 Å². The zero-order chi connectivity index (χ0) is 20.2. The van der Waals surface area contributed by atoms with Crippen molar-refractivity contribution in [3.8, 4) is 11.1 Å². The van der Waals surface area contributed by atoms with E-state index in [0.717, 1.165) is 22.5 Å². The van der Waals surface area contributed by atoms with Crippen molar-refractivity contribution in [2.75, 3.05) is 6.54 Å². The van der Waals surface area contributed by atoms with Crippen LogP contribution in [0.15, 0.2) is 77.4 Å². The van der Waals surface area contributed by atoms with E-state index < -0.39 is 0 Å². The van der Waals surface area contributed by atoms with Gasteiger partial charge in [0.25, 0.3) is 0 Å². The third-order valence-electron chi connectivity index (χ3n) is 5.39. The van der Waals surface area contributed by atoms with Crippen LogP contribution >= 0.6 is 0 Å². The SMILES string of the molecule is CC(NC(=O)C1CC(=O)N(Cc2ccco2)C1)c1ccc(-c2ccccc2)cc1. The summed E-state index contributed by atoms with van der Waals surface area (Å²) in [4.78, 5) is 26.6. The average molecular weight is 388 g/mol. The second-order valence-corrected chi connectivity index (χ2v) is 7.47. The van der Waals surface area contributed by atoms with Crippen LogP contribution in [-0.4, -0.2) is 23.3 Å². The summed E-state index contributed by atoms with van der Waals surface area (Å²) in [7, 11) is 0. The molecule has 29 heavy (non-hydrogen) atoms. The Morgan fingerprint density at radius 1 is 1.07 bits per heavy atom. The van der Waals surface area contributed by atoms with Gasteiger partial charge in [0.1, 0.15) is 5.76 Å². The van der Waals surface area contributed by atoms with Crippen LogP contribution in [0.4, 0.5) is 0 Å². The van der Waals surface area contributed by atoms with Gasteiger partial charge in [-0.15, -0.1) is 0 Å². The van der Waals surface area contributed by atoms with E-state index in [4.69, 9.17) is 4.42 Å². The van der Waals surface area contributed by atoms with Crippen molar-refractivity contribution in [1.29, 1.82) is 0 Å². The first-order valence-corrected chi connectivity index (χ1v) is 9.86. The molecule has 0 bridgehead atoms. The molecule has 0 aliphatic carbocycles. The number of nitrogens with one attached hydrogen (secondary N) is 1. The standard InChI is InChI=1S/C24H24N2O3/c1-17(18-9-11-20(12-10-18)19-6-3-2-4-7-19)25-24(28)21-14-23(27)26(15-21)16-22-8-5-13-29-22/h2-13,17,21H,14-16H2,1H3,(H,25,28). The summed E-state index contributed by atoms with van der Waals surface area (Å²) in [5.41, 5.74) is 3.34. The highest BCUT2D eigenvalue weighted by molar-refractivity contribution is 5.89. The fourth-order valence-electron chi connectivity index (χ4n) is 3.70. The van der Waals surface area contributed by atoms with Crippen molar-refractivity contribution < 1.29 is 14.0 Å². The van der Waals surface area contributed by atoms with Gasteiger partial charge in [-0.2, -0.15) is 0 Å². The Balaban J connectivity index is 1.35. The quantitative estimate of drug-likeness (QED) is 0.689. The molecule has 1 saturated heterocycles. The first-order chi connectivity index (χ1) is 14.1. The van der Waals surface area contributed by atoms with Crippen LogP contribution in [0, 0.1) is 5.92 Å². The van der Waals surface area contributed by atoms with Gasteiger partial charge in [0.2, 0.25) is 11.8 Å². The van der Waals surface area contributed by atoms with E-state index in [1.54, 1.807) is 17.2 Å². The van der Waals surface area contributed by atoms with Crippen molar-refractivity contribution in [2.45, 2.75) is 25.9 Å². The monoisotopic (exact) mass is 388 g/mol. The lowest BCUT2D eigenvalue weighted by Gasteiger charge is -2.18. The zero-order valence-electron chi connectivity index (χ0n) is 16.4. The van der Waals surface area contributed by atoms with Crippen molar-refractivity contribution in [3.63, 3.8) is 0 Å². The van der Waals surface area contributed by atoms with E-state index in [9.17, 15) is 9.59 Å². The number of carbonyl (C=O) groups excluding carboxylic acids is 2. The molecule has 1 N–H and O–H groups in total. The Hall–Kier alpha value is -3.34. The molecule has 0 spiro atoms. The number of amides is 2. The summed E-state index contributed by atoms with van der Waals surface area (Å²) in [5, 5.41) is 3.06. The summed E-state index contributed by atoms with van der Waals surface area (Å²) in [6.07, 6.45) is 1.83. The number of furan rings is 1. The fourth-order valence-corrected chi connectivity index (χ4v) is 3.70. The Bertz CT molecular complexity index is 965. The highest BCUT2D eigenvalue weighted by Crippen LogP contribution is 2.24. The predicted molar refractivity (Wildman–Crippen MR) is 111 cm³/mol. The summed E-state index contributed by atoms with van der Waals surface area (Å²) in [5.74, 6) is 0.302. The third-order valence-corrected chi connectivity index (χ3v) is 5.39. The van der Waals surface area contributed by atoms with Crippen LogP contribution in [0.2, 0.25) is 0 Å². The number of hydrogen-bond acceptors (Lipinski definition) is 3. The van der Waals surface area contributed by atoms with Crippen LogP contribution in [0.1, 0.15) is 30.7 Å². The number of carbonyl (C=O) groups is 2. The molecule has 2 unspecified atom stereocenters. The van der Waals surface area contributed by atoms with E-state index in [0.29, 0.717) is 13.1 Å². The summed E-state index contributed by atoms with van der Waals surface area (Å²) in [6, 6.07) is 21.9. The highest BCUT2D eigenvalue weighted by atomic mass is 16.3. The van der Waals surface area contributed by atoms with E-state index in [-0.39, 0.29) is 30.2 Å². The van der Waals surface area contributed by atoms with E-state index >= 15 is 0 Å². The largest absolute Gasteiger partial charge is 0.467 e. The first-order valence-electron chi connectivity index (χ1n) is 9.86. The van der Waals surface area contributed by atoms with Crippen molar-refractivity contribution in [1.82, 2.24) is 10.2 Å². The summed E-state index contributed by atoms with van der Waals surface area (Å²) >= 11 is 0. The Morgan fingerprint density at radius 3 is 2.48 bits per heavy atom. The van der Waals surface area contributed by atoms with Gasteiger partial charge in [-0.25, -0.2) is 0 Å². The van der Waals surface area contributed by atoms with Gasteiger partial charge in [-0.1, -0.05) is 54.6 Å². The summed E-state index contributed by atoms with van der Waals surface area (Å²) in [6.45, 7) is 2.80. The van der Waals surface area contributed by atoms with Gasteiger partial charge in [-0.3, -0.25) is 9.59 Å². The smallest absolute Gasteiger partial charge is 0.225 e. The molecule has 2 atom stereocenters. The van der Waals surface area contributed by atoms with E-state index in [1.807, 2.05) is 43.3 Å². The molecule has 148 valence electrons. The molecule has 2 heterocycles. The molecule has 0 saturated carbocycles. The van der Waals surface area contributed by atoms with Gasteiger partial charge in [0, 0.05) is 13.0 Å². The van der Waals surface area contributed by atoms with Crippen molar-refractivity contribution in [2.24, 2.45) is 5.92 Å². The maximum atomic E-state index is 12.7. The molecule has 1 fully saturated rings. The minimum atomic E-state index is -0.330. The number of likely N-dealkylation sites (tertiary alicyclic amines) is 1. The molecule has 1 aromatic heterocycles. The number of nitrogens with zero attached hydrogens (tertiary/aromatic N) is 1. The van der Waals surface area contributed by atoms with Gasteiger partial charge in [-0.05, 0) is 35.7 Å². The molecule has 4 rings (SSSR count). The first kappa shape index (κ1) is 19.0. The molecule has 3 aromatic rings. The molecule has 1 aliphatic heterocycles. The van der Waals surface area contributed by atoms with Crippen LogP contribution in [0.5, 0.6) is 0 Å². The van der Waals surface area contributed by atoms with Gasteiger partial charge < -0.3 is 14.6 Å². The molecule has 1 aliphatic rings. The van der Waals surface area contributed by atoms with Gasteiger partial charge >= 0.3 is 0 Å². The van der Waals surface area contributed by atoms with Gasteiger partial charge in [0.15, 0.2) is 0 Å². The zero-order valence-corrected chi connectivity index (χ0v) is 16.4. The fraction of sp³-hybridized carbons (Fsp3) is 0.250. The van der Waals surface area contributed by atoms with E-state index in [1.165, 1.54) is 0 Å². The number of rotatable bonds is 6. The van der Waals surface area contributed by atoms with Gasteiger partial charge in [0.05, 0.1) is 24.8 Å². The Kier molecular flexibility index (Phi) is 5.47. The molecule has 5 heteroatoms. The number of hydrogen-bond donors (Lipinski definition) is 1. The molecule has 2 amide bonds. The maximum Gasteiger partial charge on any atom is 0.225 e. The van der Waals surface area contributed by atoms with Crippen LogP contribution in [0.3, 0.4) is 0 Å². The molecular weight excluding hydrogens is 364 g/mol. The van der Waals surface area contributed by atoms with E-state index in [2.05, 4.69) is 29.6 Å². The lowest BCUT2D eigenvalue weighted by atomic mass is 10.0. The highest BCUT2D eigenvalue weighted by Gasteiger charge is 2.35. The maximum absolute atomic E-state index is 12.7. The Morgan fingerprint density at radius 2 is 1.79 bits per heavy atom. The molecule has 5 nitrogen and oxygen atoms in total. The summed E-state index contributed by atoms with van der Waals surface area (Å²) < 4.78 is 5.31. The Labute approximate surface area is 170 Å². The minimum Gasteiger partial charge on any atom is -0.467 e. The molecule has 0 radical (unpaired) electrons. The molecule has 2 aromatic carbocycles. The van der Waals surface area contributed by atoms with Crippen molar-refractivity contribution in [3.05, 3.63) is 84.3 Å². The van der Waals surface area contributed by atoms with Crippen LogP contribution in [-0.2, 0) is 16.1 Å². The second-order valence-electron chi connectivity index (χ2n) is 7.47. The average Bonchev–Trinajstić information content (AvgIpc) is 3.39. The van der Waals surface area contributed by atoms with Crippen LogP contribution < -0.4 is 5.32 Å². The molecular formula is C24H24N2O3. The number of benzene rings is 2. The lowest BCUT2D eigenvalue weighted by Crippen LogP contribution is -2.34. The minimum absolute atomic E-state index is 0.0126. The third kappa shape index (κ3) is 4.40. The topological polar surface area (TPSA) is 62.6 Å². The lowest BCUT2D eigenvalue weighted by molar-refractivity contribution is -0.129. The second kappa shape index (κ2) is 8.35. The van der Waals surface area contributed by atoms with Crippen molar-refractivity contribution >= 4 is 11.8 Å². The predicted octanol–water partition coefficient (Wildman–Crippen LogP) is 4.17. The normalized spacial score (nSPS) is 17.3.